The van der Waals surface area contributed by atoms with Gasteiger partial charge in [0.15, 0.2) is 0 Å². The molecule has 1 heterocycles. The number of carbonyl (C=O) groups is 1. The highest BCUT2D eigenvalue weighted by molar-refractivity contribution is 7.89. The first-order chi connectivity index (χ1) is 14.8. The lowest BCUT2D eigenvalue weighted by atomic mass is 10.0. The van der Waals surface area contributed by atoms with Gasteiger partial charge in [-0.15, -0.1) is 0 Å². The van der Waals surface area contributed by atoms with E-state index in [9.17, 15) is 13.2 Å². The summed E-state index contributed by atoms with van der Waals surface area (Å²) < 4.78 is 26.2. The van der Waals surface area contributed by atoms with Crippen LogP contribution in [0.15, 0.2) is 77.8 Å². The third kappa shape index (κ3) is 5.55. The van der Waals surface area contributed by atoms with Crippen LogP contribution < -0.4 is 10.6 Å². The van der Waals surface area contributed by atoms with E-state index in [2.05, 4.69) is 15.6 Å². The number of sulfonamides is 1. The molecule has 0 radical (unpaired) electrons. The molecule has 0 fully saturated rings. The van der Waals surface area contributed by atoms with Crippen LogP contribution in [0.1, 0.15) is 22.9 Å². The van der Waals surface area contributed by atoms with Crippen molar-refractivity contribution in [2.24, 2.45) is 0 Å². The molecule has 1 unspecified atom stereocenters. The van der Waals surface area contributed by atoms with Crippen molar-refractivity contribution in [3.63, 3.8) is 0 Å². The zero-order valence-electron chi connectivity index (χ0n) is 17.7. The molecule has 3 rings (SSSR count). The maximum Gasteiger partial charge on any atom is 0.242 e. The van der Waals surface area contributed by atoms with E-state index < -0.39 is 10.0 Å². The van der Waals surface area contributed by atoms with Gasteiger partial charge in [-0.25, -0.2) is 12.7 Å². The molecular formula is C23H26N4O3S. The van der Waals surface area contributed by atoms with Crippen molar-refractivity contribution in [2.75, 3.05) is 26.0 Å². The van der Waals surface area contributed by atoms with E-state index in [1.165, 1.54) is 20.2 Å². The highest BCUT2D eigenvalue weighted by atomic mass is 32.2. The highest BCUT2D eigenvalue weighted by Gasteiger charge is 2.21. The van der Waals surface area contributed by atoms with Crippen LogP contribution in [0.2, 0.25) is 0 Å². The van der Waals surface area contributed by atoms with Crippen molar-refractivity contribution in [1.82, 2.24) is 14.6 Å². The van der Waals surface area contributed by atoms with Gasteiger partial charge in [-0.2, -0.15) is 0 Å². The van der Waals surface area contributed by atoms with Gasteiger partial charge < -0.3 is 5.32 Å². The Bertz CT molecular complexity index is 1090. The summed E-state index contributed by atoms with van der Waals surface area (Å²) in [4.78, 5) is 17.2. The predicted molar refractivity (Wildman–Crippen MR) is 121 cm³/mol. The van der Waals surface area contributed by atoms with Crippen LogP contribution in [0.3, 0.4) is 0 Å². The van der Waals surface area contributed by atoms with Gasteiger partial charge in [-0.1, -0.05) is 42.5 Å². The maximum absolute atomic E-state index is 12.6. The molecule has 0 saturated heterocycles. The molecule has 0 aliphatic carbocycles. The smallest absolute Gasteiger partial charge is 0.242 e. The molecular weight excluding hydrogens is 412 g/mol. The number of carbonyl (C=O) groups excluding carboxylic acids is 1. The van der Waals surface area contributed by atoms with Crippen molar-refractivity contribution in [1.29, 1.82) is 0 Å². The molecule has 3 aromatic rings. The van der Waals surface area contributed by atoms with E-state index in [-0.39, 0.29) is 23.4 Å². The van der Waals surface area contributed by atoms with Crippen LogP contribution in [-0.2, 0) is 14.8 Å². The second-order valence-corrected chi connectivity index (χ2v) is 9.42. The Kier molecular flexibility index (Phi) is 7.17. The van der Waals surface area contributed by atoms with Crippen LogP contribution in [0.4, 0.5) is 5.69 Å². The monoisotopic (exact) mass is 438 g/mol. The zero-order chi connectivity index (χ0) is 22.4. The van der Waals surface area contributed by atoms with Gasteiger partial charge in [0.1, 0.15) is 0 Å². The summed E-state index contributed by atoms with van der Waals surface area (Å²) in [6.07, 6.45) is 1.71. The average Bonchev–Trinajstić information content (AvgIpc) is 2.76. The minimum absolute atomic E-state index is 0.0276. The summed E-state index contributed by atoms with van der Waals surface area (Å²) in [7, 11) is -0.651. The van der Waals surface area contributed by atoms with Crippen molar-refractivity contribution in [2.45, 2.75) is 17.9 Å². The number of nitrogens with one attached hydrogen (secondary N) is 2. The lowest BCUT2D eigenvalue weighted by Gasteiger charge is -2.19. The number of hydrogen-bond donors (Lipinski definition) is 2. The molecule has 1 atom stereocenters. The second kappa shape index (κ2) is 9.82. The molecule has 31 heavy (non-hydrogen) atoms. The Labute approximate surface area is 183 Å². The quantitative estimate of drug-likeness (QED) is 0.564. The lowest BCUT2D eigenvalue weighted by molar-refractivity contribution is -0.115. The van der Waals surface area contributed by atoms with Crippen molar-refractivity contribution >= 4 is 21.6 Å². The molecule has 2 N–H and O–H groups in total. The summed E-state index contributed by atoms with van der Waals surface area (Å²) >= 11 is 0. The fourth-order valence-corrected chi connectivity index (χ4v) is 4.28. The molecule has 0 bridgehead atoms. The van der Waals surface area contributed by atoms with E-state index in [4.69, 9.17) is 0 Å². The minimum Gasteiger partial charge on any atom is -0.325 e. The van der Waals surface area contributed by atoms with Crippen LogP contribution in [-0.4, -0.2) is 44.3 Å². The molecule has 2 aromatic carbocycles. The molecule has 162 valence electrons. The van der Waals surface area contributed by atoms with Crippen molar-refractivity contribution < 1.29 is 13.2 Å². The van der Waals surface area contributed by atoms with Crippen LogP contribution in [0.5, 0.6) is 0 Å². The van der Waals surface area contributed by atoms with Gasteiger partial charge in [0.25, 0.3) is 0 Å². The van der Waals surface area contributed by atoms with Gasteiger partial charge in [0, 0.05) is 26.0 Å². The fourth-order valence-electron chi connectivity index (χ4n) is 3.14. The topological polar surface area (TPSA) is 91.4 Å². The summed E-state index contributed by atoms with van der Waals surface area (Å²) in [5.41, 5.74) is 2.83. The van der Waals surface area contributed by atoms with E-state index in [1.54, 1.807) is 25.3 Å². The number of pyridine rings is 1. The third-order valence-corrected chi connectivity index (χ3v) is 6.77. The molecule has 0 saturated carbocycles. The van der Waals surface area contributed by atoms with Crippen LogP contribution >= 0.6 is 0 Å². The Balaban J connectivity index is 1.74. The Morgan fingerprint density at radius 1 is 1.03 bits per heavy atom. The predicted octanol–water partition coefficient (Wildman–Crippen LogP) is 2.96. The SMILES string of the molecule is Cc1ccc(NC(=O)CNC(c2ccccc2)c2ccccn2)cc1S(=O)(=O)N(C)C. The van der Waals surface area contributed by atoms with Crippen LogP contribution in [0.25, 0.3) is 0 Å². The molecule has 0 aliphatic heterocycles. The van der Waals surface area contributed by atoms with E-state index in [0.29, 0.717) is 11.3 Å². The van der Waals surface area contributed by atoms with Gasteiger partial charge in [0.05, 0.1) is 23.2 Å². The van der Waals surface area contributed by atoms with Gasteiger partial charge >= 0.3 is 0 Å². The largest absolute Gasteiger partial charge is 0.325 e. The molecule has 1 amide bonds. The number of nitrogens with zero attached hydrogens (tertiary/aromatic N) is 2. The first kappa shape index (κ1) is 22.6. The maximum atomic E-state index is 12.6. The molecule has 1 aromatic heterocycles. The van der Waals surface area contributed by atoms with E-state index in [1.807, 2.05) is 48.5 Å². The third-order valence-electron chi connectivity index (χ3n) is 4.81. The molecule has 0 aliphatic rings. The first-order valence-electron chi connectivity index (χ1n) is 9.81. The van der Waals surface area contributed by atoms with Gasteiger partial charge in [-0.05, 0) is 42.3 Å². The number of benzene rings is 2. The number of hydrogen-bond acceptors (Lipinski definition) is 5. The van der Waals surface area contributed by atoms with Gasteiger partial charge in [0.2, 0.25) is 15.9 Å². The normalized spacial score (nSPS) is 12.5. The summed E-state index contributed by atoms with van der Waals surface area (Å²) in [6, 6.07) is 20.0. The van der Waals surface area contributed by atoms with Crippen molar-refractivity contribution in [3.8, 4) is 0 Å². The van der Waals surface area contributed by atoms with Gasteiger partial charge in [-0.3, -0.25) is 15.1 Å². The van der Waals surface area contributed by atoms with Crippen LogP contribution in [0, 0.1) is 6.92 Å². The number of amides is 1. The van der Waals surface area contributed by atoms with E-state index in [0.717, 1.165) is 15.6 Å². The summed E-state index contributed by atoms with van der Waals surface area (Å²) in [6.45, 7) is 1.75. The average molecular weight is 439 g/mol. The second-order valence-electron chi connectivity index (χ2n) is 7.30. The zero-order valence-corrected chi connectivity index (χ0v) is 18.6. The first-order valence-corrected chi connectivity index (χ1v) is 11.3. The number of anilines is 1. The Morgan fingerprint density at radius 3 is 2.39 bits per heavy atom. The molecule has 8 heteroatoms. The molecule has 0 spiro atoms. The Morgan fingerprint density at radius 2 is 1.74 bits per heavy atom. The molecule has 7 nitrogen and oxygen atoms in total. The fraction of sp³-hybridized carbons (Fsp3) is 0.217. The number of rotatable bonds is 8. The summed E-state index contributed by atoms with van der Waals surface area (Å²) in [5.74, 6) is -0.283. The van der Waals surface area contributed by atoms with E-state index >= 15 is 0 Å². The highest BCUT2D eigenvalue weighted by Crippen LogP contribution is 2.23. The standard InChI is InChI=1S/C23H26N4O3S/c1-17-12-13-19(15-21(17)31(29,30)27(2)3)26-22(28)16-25-23(18-9-5-4-6-10-18)20-11-7-8-14-24-20/h4-15,23,25H,16H2,1-3H3,(H,26,28). The Hall–Kier alpha value is -3.07. The lowest BCUT2D eigenvalue weighted by Crippen LogP contribution is -2.32. The number of aryl methyl sites for hydroxylation is 1. The minimum atomic E-state index is -3.61. The number of aromatic nitrogens is 1. The summed E-state index contributed by atoms with van der Waals surface area (Å²) in [5, 5.41) is 6.02. The van der Waals surface area contributed by atoms with Crippen molar-refractivity contribution in [3.05, 3.63) is 89.7 Å².